The third-order valence-electron chi connectivity index (χ3n) is 3.84. The third kappa shape index (κ3) is 3.08. The van der Waals surface area contributed by atoms with E-state index in [9.17, 15) is 13.6 Å². The van der Waals surface area contributed by atoms with Crippen LogP contribution in [0.2, 0.25) is 0 Å². The van der Waals surface area contributed by atoms with E-state index in [1.165, 1.54) is 12.5 Å². The Morgan fingerprint density at radius 3 is 2.89 bits per heavy atom. The molecule has 104 valence electrons. The lowest BCUT2D eigenvalue weighted by Crippen LogP contribution is -2.42. The summed E-state index contributed by atoms with van der Waals surface area (Å²) in [5, 5.41) is 2.83. The van der Waals surface area contributed by atoms with Crippen LogP contribution in [0.1, 0.15) is 49.4 Å². The van der Waals surface area contributed by atoms with Crippen LogP contribution in [0.3, 0.4) is 0 Å². The number of hydrogen-bond acceptors (Lipinski definition) is 2. The van der Waals surface area contributed by atoms with Crippen LogP contribution in [0.15, 0.2) is 12.3 Å². The van der Waals surface area contributed by atoms with Gasteiger partial charge in [-0.1, -0.05) is 26.2 Å². The molecule has 1 aliphatic carbocycles. The molecule has 1 saturated carbocycles. The Bertz CT molecular complexity index is 465. The second-order valence-electron chi connectivity index (χ2n) is 5.00. The van der Waals surface area contributed by atoms with Crippen molar-refractivity contribution in [3.8, 4) is 0 Å². The summed E-state index contributed by atoms with van der Waals surface area (Å²) in [7, 11) is 0. The van der Waals surface area contributed by atoms with Crippen LogP contribution in [-0.4, -0.2) is 16.9 Å². The minimum Gasteiger partial charge on any atom is -0.349 e. The van der Waals surface area contributed by atoms with Crippen molar-refractivity contribution in [2.75, 3.05) is 0 Å². The maximum atomic E-state index is 13.5. The van der Waals surface area contributed by atoms with Crippen LogP contribution >= 0.6 is 0 Å². The van der Waals surface area contributed by atoms with Gasteiger partial charge in [-0.15, -0.1) is 0 Å². The number of carbonyl (C=O) groups is 1. The van der Waals surface area contributed by atoms with Gasteiger partial charge in [-0.2, -0.15) is 4.39 Å². The smallest absolute Gasteiger partial charge is 0.254 e. The molecule has 2 rings (SSSR count). The van der Waals surface area contributed by atoms with E-state index in [1.807, 2.05) is 0 Å². The van der Waals surface area contributed by atoms with E-state index in [2.05, 4.69) is 17.2 Å². The summed E-state index contributed by atoms with van der Waals surface area (Å²) in [6.45, 7) is 2.09. The zero-order valence-corrected chi connectivity index (χ0v) is 11.0. The first-order valence-electron chi connectivity index (χ1n) is 6.74. The maximum absolute atomic E-state index is 13.5. The molecule has 1 amide bonds. The summed E-state index contributed by atoms with van der Waals surface area (Å²) in [5.41, 5.74) is -0.270. The number of aromatic nitrogens is 1. The van der Waals surface area contributed by atoms with Crippen LogP contribution in [0.25, 0.3) is 0 Å². The summed E-state index contributed by atoms with van der Waals surface area (Å²) < 4.78 is 26.5. The average molecular weight is 268 g/mol. The topological polar surface area (TPSA) is 42.0 Å². The molecule has 1 aromatic heterocycles. The maximum Gasteiger partial charge on any atom is 0.254 e. The summed E-state index contributed by atoms with van der Waals surface area (Å²) in [6, 6.07) is 1.26. The monoisotopic (exact) mass is 268 g/mol. The van der Waals surface area contributed by atoms with Gasteiger partial charge in [-0.05, 0) is 24.8 Å². The molecule has 2 atom stereocenters. The molecule has 0 radical (unpaired) electrons. The third-order valence-corrected chi connectivity index (χ3v) is 3.84. The summed E-state index contributed by atoms with van der Waals surface area (Å²) in [4.78, 5) is 15.2. The largest absolute Gasteiger partial charge is 0.349 e. The minimum atomic E-state index is -1.23. The summed E-state index contributed by atoms with van der Waals surface area (Å²) in [6.07, 6.45) is 6.30. The molecule has 0 aromatic carbocycles. The average Bonchev–Trinajstić information content (AvgIpc) is 2.42. The number of hydrogen-bond donors (Lipinski definition) is 1. The highest BCUT2D eigenvalue weighted by molar-refractivity contribution is 5.94. The van der Waals surface area contributed by atoms with Crippen LogP contribution in [-0.2, 0) is 0 Å². The van der Waals surface area contributed by atoms with Crippen molar-refractivity contribution in [1.29, 1.82) is 0 Å². The normalized spacial score (nSPS) is 23.1. The number of pyridine rings is 1. The molecular weight excluding hydrogens is 250 g/mol. The van der Waals surface area contributed by atoms with E-state index < -0.39 is 17.7 Å². The standard InChI is InChI=1S/C14H18F2N2O/c1-2-9-5-3-4-6-11(9)18-14(19)10-7-8-17-13(16)12(10)15/h7-9,11H,2-6H2,1H3,(H,18,19). The summed E-state index contributed by atoms with van der Waals surface area (Å²) >= 11 is 0. The fourth-order valence-electron chi connectivity index (χ4n) is 2.73. The van der Waals surface area contributed by atoms with Gasteiger partial charge in [0.25, 0.3) is 5.91 Å². The molecule has 1 aliphatic rings. The molecule has 3 nitrogen and oxygen atoms in total. The Hall–Kier alpha value is -1.52. The Balaban J connectivity index is 2.09. The lowest BCUT2D eigenvalue weighted by Gasteiger charge is -2.31. The molecule has 1 heterocycles. The molecular formula is C14H18F2N2O. The van der Waals surface area contributed by atoms with Crippen molar-refractivity contribution < 1.29 is 13.6 Å². The van der Waals surface area contributed by atoms with Crippen molar-refractivity contribution >= 4 is 5.91 Å². The van der Waals surface area contributed by atoms with Crippen LogP contribution in [0, 0.1) is 17.7 Å². The van der Waals surface area contributed by atoms with Gasteiger partial charge in [-0.3, -0.25) is 4.79 Å². The Morgan fingerprint density at radius 1 is 1.42 bits per heavy atom. The second kappa shape index (κ2) is 6.08. The van der Waals surface area contributed by atoms with Crippen molar-refractivity contribution in [2.24, 2.45) is 5.92 Å². The van der Waals surface area contributed by atoms with E-state index in [-0.39, 0.29) is 11.6 Å². The van der Waals surface area contributed by atoms with Gasteiger partial charge in [-0.25, -0.2) is 9.37 Å². The highest BCUT2D eigenvalue weighted by Gasteiger charge is 2.26. The molecule has 0 bridgehead atoms. The van der Waals surface area contributed by atoms with Crippen molar-refractivity contribution in [3.05, 3.63) is 29.6 Å². The first kappa shape index (κ1) is 13.9. The minimum absolute atomic E-state index is 0.0573. The zero-order valence-electron chi connectivity index (χ0n) is 11.0. The Kier molecular flexibility index (Phi) is 4.45. The first-order chi connectivity index (χ1) is 9.13. The molecule has 5 heteroatoms. The molecule has 0 saturated heterocycles. The predicted octanol–water partition coefficient (Wildman–Crippen LogP) is 3.06. The number of carbonyl (C=O) groups excluding carboxylic acids is 1. The molecule has 0 aliphatic heterocycles. The SMILES string of the molecule is CCC1CCCCC1NC(=O)c1ccnc(F)c1F. The van der Waals surface area contributed by atoms with E-state index in [0.29, 0.717) is 5.92 Å². The van der Waals surface area contributed by atoms with Crippen LogP contribution < -0.4 is 5.32 Å². The van der Waals surface area contributed by atoms with Gasteiger partial charge in [0.05, 0.1) is 5.56 Å². The summed E-state index contributed by atoms with van der Waals surface area (Å²) in [5.74, 6) is -2.54. The Labute approximate surface area is 111 Å². The van der Waals surface area contributed by atoms with E-state index >= 15 is 0 Å². The lowest BCUT2D eigenvalue weighted by atomic mass is 9.83. The molecule has 19 heavy (non-hydrogen) atoms. The first-order valence-corrected chi connectivity index (χ1v) is 6.74. The van der Waals surface area contributed by atoms with E-state index in [0.717, 1.165) is 31.9 Å². The van der Waals surface area contributed by atoms with E-state index in [4.69, 9.17) is 0 Å². The molecule has 0 spiro atoms. The molecule has 2 unspecified atom stereocenters. The predicted molar refractivity (Wildman–Crippen MR) is 67.7 cm³/mol. The Morgan fingerprint density at radius 2 is 2.16 bits per heavy atom. The highest BCUT2D eigenvalue weighted by Crippen LogP contribution is 2.27. The van der Waals surface area contributed by atoms with Crippen LogP contribution in [0.5, 0.6) is 0 Å². The number of nitrogens with one attached hydrogen (secondary N) is 1. The quantitative estimate of drug-likeness (QED) is 0.856. The van der Waals surface area contributed by atoms with Crippen molar-refractivity contribution in [1.82, 2.24) is 10.3 Å². The van der Waals surface area contributed by atoms with Gasteiger partial charge < -0.3 is 5.32 Å². The number of halogens is 2. The number of amides is 1. The molecule has 1 aromatic rings. The van der Waals surface area contributed by atoms with E-state index in [1.54, 1.807) is 0 Å². The molecule has 1 N–H and O–H groups in total. The van der Waals surface area contributed by atoms with Gasteiger partial charge >= 0.3 is 0 Å². The van der Waals surface area contributed by atoms with Gasteiger partial charge in [0.15, 0.2) is 5.82 Å². The fourth-order valence-corrected chi connectivity index (χ4v) is 2.73. The zero-order chi connectivity index (χ0) is 13.8. The fraction of sp³-hybridized carbons (Fsp3) is 0.571. The molecule has 1 fully saturated rings. The second-order valence-corrected chi connectivity index (χ2v) is 5.00. The lowest BCUT2D eigenvalue weighted by molar-refractivity contribution is 0.0899. The van der Waals surface area contributed by atoms with Crippen molar-refractivity contribution in [3.63, 3.8) is 0 Å². The number of rotatable bonds is 3. The van der Waals surface area contributed by atoms with Gasteiger partial charge in [0, 0.05) is 12.2 Å². The number of nitrogens with zero attached hydrogens (tertiary/aromatic N) is 1. The van der Waals surface area contributed by atoms with Crippen molar-refractivity contribution in [2.45, 2.75) is 45.1 Å². The highest BCUT2D eigenvalue weighted by atomic mass is 19.2. The van der Waals surface area contributed by atoms with Gasteiger partial charge in [0.1, 0.15) is 0 Å². The van der Waals surface area contributed by atoms with Gasteiger partial charge in [0.2, 0.25) is 5.95 Å². The van der Waals surface area contributed by atoms with Crippen LogP contribution in [0.4, 0.5) is 8.78 Å².